The second kappa shape index (κ2) is 12.9. The zero-order chi connectivity index (χ0) is 27.8. The van der Waals surface area contributed by atoms with Crippen LogP contribution >= 0.6 is 7.29 Å². The molecule has 5 rings (SSSR count). The van der Waals surface area contributed by atoms with Crippen LogP contribution in [-0.4, -0.2) is 35.1 Å². The highest BCUT2D eigenvalue weighted by Gasteiger charge is 2.44. The molecule has 4 aromatic carbocycles. The highest BCUT2D eigenvalue weighted by Crippen LogP contribution is 2.51. The molecule has 1 heterocycles. The van der Waals surface area contributed by atoms with Gasteiger partial charge < -0.3 is 10.6 Å². The smallest absolute Gasteiger partial charge is 0.243 e. The maximum atomic E-state index is 15.0. The van der Waals surface area contributed by atoms with E-state index in [2.05, 4.69) is 10.6 Å². The lowest BCUT2D eigenvalue weighted by Crippen LogP contribution is -2.53. The highest BCUT2D eigenvalue weighted by molar-refractivity contribution is 7.76. The van der Waals surface area contributed by atoms with Gasteiger partial charge in [-0.2, -0.15) is 0 Å². The third-order valence-corrected chi connectivity index (χ3v) is 10.5. The average molecular weight is 552 g/mol. The molecule has 0 bridgehead atoms. The minimum atomic E-state index is -3.30. The molecule has 204 valence electrons. The van der Waals surface area contributed by atoms with Crippen LogP contribution in [0.5, 0.6) is 0 Å². The van der Waals surface area contributed by atoms with E-state index in [9.17, 15) is 14.2 Å². The molecule has 1 aliphatic heterocycles. The van der Waals surface area contributed by atoms with Crippen LogP contribution in [-0.2, 0) is 27.1 Å². The van der Waals surface area contributed by atoms with Crippen LogP contribution in [0.25, 0.3) is 0 Å². The first-order chi connectivity index (χ1) is 19.6. The number of hydrogen-bond acceptors (Lipinski definition) is 3. The molecule has 1 saturated heterocycles. The Balaban J connectivity index is 1.40. The first-order valence-electron chi connectivity index (χ1n) is 13.7. The van der Waals surface area contributed by atoms with Crippen molar-refractivity contribution in [2.45, 2.75) is 37.9 Å². The standard InChI is InChI=1S/C33H34N3O3P/c37-32(34-25-27-16-7-2-8-17-27)30(24-26-14-5-1-6-15-26)35-33(38)31-22-13-23-36(31)40(39,28-18-9-3-10-19-28)29-20-11-4-12-21-29/h1-12,14-21,30-31H,13,22-25H2,(H,34,37)(H,35,38)/t30-,31-/m0/s1. The Labute approximate surface area is 235 Å². The Morgan fingerprint density at radius 2 is 1.25 bits per heavy atom. The third kappa shape index (κ3) is 6.25. The minimum absolute atomic E-state index is 0.250. The summed E-state index contributed by atoms with van der Waals surface area (Å²) in [5.41, 5.74) is 1.93. The van der Waals surface area contributed by atoms with Gasteiger partial charge >= 0.3 is 0 Å². The molecule has 4 aromatic rings. The number of rotatable bonds is 10. The number of carbonyl (C=O) groups excluding carboxylic acids is 2. The van der Waals surface area contributed by atoms with Gasteiger partial charge in [-0.1, -0.05) is 97.1 Å². The van der Waals surface area contributed by atoms with Crippen LogP contribution in [0.1, 0.15) is 24.0 Å². The predicted molar refractivity (Wildman–Crippen MR) is 160 cm³/mol. The summed E-state index contributed by atoms with van der Waals surface area (Å²) in [5, 5.41) is 7.41. The average Bonchev–Trinajstić information content (AvgIpc) is 3.52. The van der Waals surface area contributed by atoms with Gasteiger partial charge in [-0.25, -0.2) is 4.67 Å². The SMILES string of the molecule is O=C(NCc1ccccc1)[C@H](Cc1ccccc1)NC(=O)[C@@H]1CCCN1P(=O)(c1ccccc1)c1ccccc1. The van der Waals surface area contributed by atoms with Gasteiger partial charge in [0.2, 0.25) is 19.1 Å². The summed E-state index contributed by atoms with van der Waals surface area (Å²) in [6, 6.07) is 36.8. The topological polar surface area (TPSA) is 78.5 Å². The third-order valence-electron chi connectivity index (χ3n) is 7.33. The van der Waals surface area contributed by atoms with Gasteiger partial charge in [0.1, 0.15) is 6.04 Å². The van der Waals surface area contributed by atoms with Crippen LogP contribution in [0.15, 0.2) is 121 Å². The zero-order valence-corrected chi connectivity index (χ0v) is 23.3. The lowest BCUT2D eigenvalue weighted by molar-refractivity contribution is -0.130. The molecule has 0 saturated carbocycles. The molecule has 2 atom stereocenters. The fourth-order valence-electron chi connectivity index (χ4n) is 5.30. The van der Waals surface area contributed by atoms with E-state index >= 15 is 0 Å². The first-order valence-corrected chi connectivity index (χ1v) is 15.4. The summed E-state index contributed by atoms with van der Waals surface area (Å²) in [4.78, 5) is 27.3. The van der Waals surface area contributed by atoms with Gasteiger partial charge in [0.15, 0.2) is 0 Å². The maximum Gasteiger partial charge on any atom is 0.243 e. The summed E-state index contributed by atoms with van der Waals surface area (Å²) >= 11 is 0. The predicted octanol–water partition coefficient (Wildman–Crippen LogP) is 4.42. The van der Waals surface area contributed by atoms with Crippen molar-refractivity contribution in [2.75, 3.05) is 6.54 Å². The fraction of sp³-hybridized carbons (Fsp3) is 0.212. The summed E-state index contributed by atoms with van der Waals surface area (Å²) < 4.78 is 16.8. The molecule has 40 heavy (non-hydrogen) atoms. The number of nitrogens with one attached hydrogen (secondary N) is 2. The molecule has 7 heteroatoms. The summed E-state index contributed by atoms with van der Waals surface area (Å²) in [7, 11) is -3.30. The molecule has 0 spiro atoms. The van der Waals surface area contributed by atoms with E-state index in [1.807, 2.05) is 126 Å². The van der Waals surface area contributed by atoms with E-state index in [-0.39, 0.29) is 11.8 Å². The molecule has 2 N–H and O–H groups in total. The molecule has 1 fully saturated rings. The van der Waals surface area contributed by atoms with Crippen LogP contribution < -0.4 is 21.2 Å². The van der Waals surface area contributed by atoms with E-state index < -0.39 is 19.4 Å². The molecule has 0 radical (unpaired) electrons. The van der Waals surface area contributed by atoms with Gasteiger partial charge in [-0.15, -0.1) is 0 Å². The van der Waals surface area contributed by atoms with Crippen molar-refractivity contribution in [3.05, 3.63) is 132 Å². The lowest BCUT2D eigenvalue weighted by atomic mass is 10.0. The Hall–Kier alpha value is -3.99. The van der Waals surface area contributed by atoms with Gasteiger partial charge in [0, 0.05) is 30.1 Å². The number of nitrogens with zero attached hydrogens (tertiary/aromatic N) is 1. The second-order valence-electron chi connectivity index (χ2n) is 10.0. The normalized spacial score (nSPS) is 16.2. The summed E-state index contributed by atoms with van der Waals surface area (Å²) in [6.07, 6.45) is 1.67. The quantitative estimate of drug-likeness (QED) is 0.286. The number of carbonyl (C=O) groups is 2. The molecular weight excluding hydrogens is 517 g/mol. The molecule has 6 nitrogen and oxygen atoms in total. The van der Waals surface area contributed by atoms with Crippen LogP contribution in [0.2, 0.25) is 0 Å². The highest BCUT2D eigenvalue weighted by atomic mass is 31.2. The van der Waals surface area contributed by atoms with Crippen molar-refractivity contribution >= 4 is 29.7 Å². The summed E-state index contributed by atoms with van der Waals surface area (Å²) in [6.45, 7) is 0.899. The van der Waals surface area contributed by atoms with Gasteiger partial charge in [-0.3, -0.25) is 14.2 Å². The largest absolute Gasteiger partial charge is 0.350 e. The number of hydrogen-bond donors (Lipinski definition) is 2. The molecule has 0 aliphatic carbocycles. The van der Waals surface area contributed by atoms with Crippen molar-refractivity contribution in [2.24, 2.45) is 0 Å². The summed E-state index contributed by atoms with van der Waals surface area (Å²) in [5.74, 6) is -0.528. The van der Waals surface area contributed by atoms with Crippen LogP contribution in [0.3, 0.4) is 0 Å². The Morgan fingerprint density at radius 1 is 0.750 bits per heavy atom. The van der Waals surface area contributed by atoms with Gasteiger partial charge in [-0.05, 0) is 48.2 Å². The zero-order valence-electron chi connectivity index (χ0n) is 22.4. The van der Waals surface area contributed by atoms with Crippen molar-refractivity contribution in [1.29, 1.82) is 0 Å². The van der Waals surface area contributed by atoms with Gasteiger partial charge in [0.05, 0.1) is 6.04 Å². The molecule has 1 aliphatic rings. The number of benzene rings is 4. The number of amides is 2. The first kappa shape index (κ1) is 27.6. The van der Waals surface area contributed by atoms with Crippen molar-refractivity contribution in [3.63, 3.8) is 0 Å². The minimum Gasteiger partial charge on any atom is -0.350 e. The van der Waals surface area contributed by atoms with Crippen LogP contribution in [0.4, 0.5) is 0 Å². The van der Waals surface area contributed by atoms with Gasteiger partial charge in [0.25, 0.3) is 0 Å². The molecule has 0 aromatic heterocycles. The van der Waals surface area contributed by atoms with E-state index in [1.54, 1.807) is 0 Å². The molecular formula is C33H34N3O3P. The molecule has 0 unspecified atom stereocenters. The van der Waals surface area contributed by atoms with E-state index in [0.717, 1.165) is 17.5 Å². The van der Waals surface area contributed by atoms with Crippen LogP contribution in [0, 0.1) is 0 Å². The maximum absolute atomic E-state index is 15.0. The van der Waals surface area contributed by atoms with E-state index in [1.165, 1.54) is 0 Å². The monoisotopic (exact) mass is 551 g/mol. The Bertz CT molecular complexity index is 1410. The lowest BCUT2D eigenvalue weighted by Gasteiger charge is -2.33. The van der Waals surface area contributed by atoms with E-state index in [4.69, 9.17) is 0 Å². The van der Waals surface area contributed by atoms with Crippen molar-refractivity contribution < 1.29 is 14.2 Å². The van der Waals surface area contributed by atoms with E-state index in [0.29, 0.717) is 36.5 Å². The second-order valence-corrected chi connectivity index (χ2v) is 12.7. The fourth-order valence-corrected chi connectivity index (χ4v) is 8.38. The Kier molecular flexibility index (Phi) is 8.90. The van der Waals surface area contributed by atoms with Crippen molar-refractivity contribution in [3.8, 4) is 0 Å². The molecule has 2 amide bonds. The Morgan fingerprint density at radius 3 is 1.80 bits per heavy atom. The van der Waals surface area contributed by atoms with Crippen molar-refractivity contribution in [1.82, 2.24) is 15.3 Å².